The lowest BCUT2D eigenvalue weighted by Gasteiger charge is -2.21. The Morgan fingerprint density at radius 1 is 1.14 bits per heavy atom. The molecular weight excluding hydrogens is 360 g/mol. The van der Waals surface area contributed by atoms with E-state index in [0.717, 1.165) is 29.5 Å². The number of benzene rings is 1. The molecule has 0 unspecified atom stereocenters. The van der Waals surface area contributed by atoms with Gasteiger partial charge in [-0.3, -0.25) is 14.2 Å². The summed E-state index contributed by atoms with van der Waals surface area (Å²) in [6, 6.07) is 10.7. The van der Waals surface area contributed by atoms with Gasteiger partial charge in [-0.2, -0.15) is 0 Å². The van der Waals surface area contributed by atoms with Gasteiger partial charge < -0.3 is 19.6 Å². The molecule has 2 N–H and O–H groups in total. The number of hydrogen-bond acceptors (Lipinski definition) is 5. The Bertz CT molecular complexity index is 1050. The molecule has 146 valence electrons. The van der Waals surface area contributed by atoms with Crippen LogP contribution in [0.2, 0.25) is 0 Å². The summed E-state index contributed by atoms with van der Waals surface area (Å²) in [7, 11) is 0. The standard InChI is InChI=1S/C20H22N4O4/c1-3-23(4-2)15-9-7-14(8-10-15)22-18(25)17-12-21-20(27)24(19(17)26)13-16-6-5-11-28-16/h5-12H,3-4,13H2,1-2H3,(H,21,27)(H,22,25). The number of aromatic amines is 1. The van der Waals surface area contributed by atoms with E-state index in [1.807, 2.05) is 12.1 Å². The number of aromatic nitrogens is 2. The van der Waals surface area contributed by atoms with E-state index in [0.29, 0.717) is 11.4 Å². The molecule has 0 radical (unpaired) electrons. The number of nitrogens with one attached hydrogen (secondary N) is 2. The minimum absolute atomic E-state index is 0.0547. The molecule has 8 nitrogen and oxygen atoms in total. The number of H-pyrrole nitrogens is 1. The van der Waals surface area contributed by atoms with Crippen LogP contribution in [0.15, 0.2) is 62.9 Å². The van der Waals surface area contributed by atoms with Crippen LogP contribution in [0.5, 0.6) is 0 Å². The molecule has 0 atom stereocenters. The molecule has 0 spiro atoms. The lowest BCUT2D eigenvalue weighted by molar-refractivity contribution is 0.102. The van der Waals surface area contributed by atoms with Crippen LogP contribution < -0.4 is 21.5 Å². The number of anilines is 2. The van der Waals surface area contributed by atoms with E-state index in [1.165, 1.54) is 6.26 Å². The first kappa shape index (κ1) is 19.2. The Labute approximate surface area is 161 Å². The first-order valence-corrected chi connectivity index (χ1v) is 9.04. The Morgan fingerprint density at radius 3 is 2.46 bits per heavy atom. The molecule has 0 aliphatic rings. The smallest absolute Gasteiger partial charge is 0.328 e. The molecule has 0 fully saturated rings. The van der Waals surface area contributed by atoms with Gasteiger partial charge in [-0.05, 0) is 50.2 Å². The van der Waals surface area contributed by atoms with Crippen molar-refractivity contribution in [2.45, 2.75) is 20.4 Å². The maximum atomic E-state index is 12.6. The quantitative estimate of drug-likeness (QED) is 0.653. The highest BCUT2D eigenvalue weighted by atomic mass is 16.3. The number of carbonyl (C=O) groups excluding carboxylic acids is 1. The van der Waals surface area contributed by atoms with Gasteiger partial charge >= 0.3 is 5.69 Å². The van der Waals surface area contributed by atoms with Crippen molar-refractivity contribution in [1.82, 2.24) is 9.55 Å². The summed E-state index contributed by atoms with van der Waals surface area (Å²) in [5.74, 6) is -0.151. The third kappa shape index (κ3) is 4.06. The van der Waals surface area contributed by atoms with Crippen LogP contribution in [0.4, 0.5) is 11.4 Å². The highest BCUT2D eigenvalue weighted by molar-refractivity contribution is 6.03. The van der Waals surface area contributed by atoms with E-state index >= 15 is 0 Å². The van der Waals surface area contributed by atoms with Crippen LogP contribution in [-0.2, 0) is 6.54 Å². The summed E-state index contributed by atoms with van der Waals surface area (Å²) in [4.78, 5) is 41.7. The second-order valence-electron chi connectivity index (χ2n) is 6.15. The molecule has 2 aromatic heterocycles. The predicted octanol–water partition coefficient (Wildman–Crippen LogP) is 2.28. The Hall–Kier alpha value is -3.55. The summed E-state index contributed by atoms with van der Waals surface area (Å²) < 4.78 is 6.10. The third-order valence-electron chi connectivity index (χ3n) is 4.45. The molecule has 0 aliphatic heterocycles. The number of furan rings is 1. The van der Waals surface area contributed by atoms with Crippen LogP contribution in [0, 0.1) is 0 Å². The average molecular weight is 382 g/mol. The molecule has 2 heterocycles. The minimum atomic E-state index is -0.683. The van der Waals surface area contributed by atoms with Crippen molar-refractivity contribution >= 4 is 17.3 Å². The topological polar surface area (TPSA) is 100 Å². The number of rotatable bonds is 7. The molecule has 28 heavy (non-hydrogen) atoms. The van der Waals surface area contributed by atoms with Crippen LogP contribution >= 0.6 is 0 Å². The van der Waals surface area contributed by atoms with Crippen molar-refractivity contribution in [2.24, 2.45) is 0 Å². The SMILES string of the molecule is CCN(CC)c1ccc(NC(=O)c2c[nH]c(=O)n(Cc3ccco3)c2=O)cc1. The van der Waals surface area contributed by atoms with E-state index in [2.05, 4.69) is 29.0 Å². The maximum Gasteiger partial charge on any atom is 0.328 e. The summed E-state index contributed by atoms with van der Waals surface area (Å²) in [6.07, 6.45) is 2.58. The fourth-order valence-electron chi connectivity index (χ4n) is 2.92. The van der Waals surface area contributed by atoms with Gasteiger partial charge in [-0.25, -0.2) is 4.79 Å². The van der Waals surface area contributed by atoms with E-state index in [4.69, 9.17) is 4.42 Å². The second kappa shape index (κ2) is 8.43. The van der Waals surface area contributed by atoms with Gasteiger partial charge in [0.15, 0.2) is 0 Å². The molecule has 1 amide bonds. The van der Waals surface area contributed by atoms with Crippen LogP contribution in [-0.4, -0.2) is 28.5 Å². The molecule has 0 saturated heterocycles. The number of nitrogens with zero attached hydrogens (tertiary/aromatic N) is 2. The highest BCUT2D eigenvalue weighted by Gasteiger charge is 2.16. The zero-order valence-electron chi connectivity index (χ0n) is 15.8. The van der Waals surface area contributed by atoms with Crippen molar-refractivity contribution in [1.29, 1.82) is 0 Å². The molecule has 8 heteroatoms. The fraction of sp³-hybridized carbons (Fsp3) is 0.250. The Balaban J connectivity index is 1.81. The van der Waals surface area contributed by atoms with Crippen molar-refractivity contribution in [2.75, 3.05) is 23.3 Å². The molecule has 0 saturated carbocycles. The largest absolute Gasteiger partial charge is 0.467 e. The molecule has 3 rings (SSSR count). The number of amides is 1. The van der Waals surface area contributed by atoms with Gasteiger partial charge in [0.2, 0.25) is 0 Å². The van der Waals surface area contributed by atoms with Crippen molar-refractivity contribution in [3.05, 3.63) is 81.0 Å². The van der Waals surface area contributed by atoms with E-state index < -0.39 is 17.2 Å². The molecule has 3 aromatic rings. The van der Waals surface area contributed by atoms with Crippen LogP contribution in [0.25, 0.3) is 0 Å². The average Bonchev–Trinajstić information content (AvgIpc) is 3.20. The van der Waals surface area contributed by atoms with Gasteiger partial charge in [0.25, 0.3) is 11.5 Å². The highest BCUT2D eigenvalue weighted by Crippen LogP contribution is 2.18. The van der Waals surface area contributed by atoms with Crippen molar-refractivity contribution in [3.8, 4) is 0 Å². The molecule has 0 aliphatic carbocycles. The molecular formula is C20H22N4O4. The Kier molecular flexibility index (Phi) is 5.78. The third-order valence-corrected chi connectivity index (χ3v) is 4.45. The predicted molar refractivity (Wildman–Crippen MR) is 107 cm³/mol. The summed E-state index contributed by atoms with van der Waals surface area (Å²) in [5.41, 5.74) is 0.162. The number of hydrogen-bond donors (Lipinski definition) is 2. The minimum Gasteiger partial charge on any atom is -0.467 e. The van der Waals surface area contributed by atoms with Gasteiger partial charge in [0.1, 0.15) is 11.3 Å². The Morgan fingerprint density at radius 2 is 1.86 bits per heavy atom. The fourth-order valence-corrected chi connectivity index (χ4v) is 2.92. The molecule has 0 bridgehead atoms. The van der Waals surface area contributed by atoms with Gasteiger partial charge in [-0.15, -0.1) is 0 Å². The zero-order chi connectivity index (χ0) is 20.1. The van der Waals surface area contributed by atoms with E-state index in [1.54, 1.807) is 24.3 Å². The monoisotopic (exact) mass is 382 g/mol. The van der Waals surface area contributed by atoms with Crippen molar-refractivity contribution < 1.29 is 9.21 Å². The molecule has 1 aromatic carbocycles. The van der Waals surface area contributed by atoms with Crippen LogP contribution in [0.3, 0.4) is 0 Å². The summed E-state index contributed by atoms with van der Waals surface area (Å²) >= 11 is 0. The van der Waals surface area contributed by atoms with Gasteiger partial charge in [0, 0.05) is 30.7 Å². The lowest BCUT2D eigenvalue weighted by Crippen LogP contribution is -2.39. The lowest BCUT2D eigenvalue weighted by atomic mass is 10.2. The first-order valence-electron chi connectivity index (χ1n) is 9.04. The normalized spacial score (nSPS) is 10.6. The van der Waals surface area contributed by atoms with Crippen molar-refractivity contribution in [3.63, 3.8) is 0 Å². The van der Waals surface area contributed by atoms with Crippen LogP contribution in [0.1, 0.15) is 30.0 Å². The first-order chi connectivity index (χ1) is 13.5. The summed E-state index contributed by atoms with van der Waals surface area (Å²) in [5, 5.41) is 2.69. The van der Waals surface area contributed by atoms with Gasteiger partial charge in [-0.1, -0.05) is 0 Å². The second-order valence-corrected chi connectivity index (χ2v) is 6.15. The van der Waals surface area contributed by atoms with Gasteiger partial charge in [0.05, 0.1) is 12.8 Å². The number of carbonyl (C=O) groups is 1. The summed E-state index contributed by atoms with van der Waals surface area (Å²) in [6.45, 7) is 5.86. The zero-order valence-corrected chi connectivity index (χ0v) is 15.8. The van der Waals surface area contributed by atoms with E-state index in [9.17, 15) is 14.4 Å². The maximum absolute atomic E-state index is 12.6. The van der Waals surface area contributed by atoms with E-state index in [-0.39, 0.29) is 12.1 Å².